The van der Waals surface area contributed by atoms with Crippen molar-refractivity contribution in [3.63, 3.8) is 0 Å². The van der Waals surface area contributed by atoms with E-state index in [4.69, 9.17) is 20.8 Å². The highest BCUT2D eigenvalue weighted by Gasteiger charge is 2.12. The van der Waals surface area contributed by atoms with Crippen molar-refractivity contribution < 1.29 is 13.9 Å². The zero-order chi connectivity index (χ0) is 20.8. The van der Waals surface area contributed by atoms with Crippen LogP contribution in [0.15, 0.2) is 69.1 Å². The van der Waals surface area contributed by atoms with Gasteiger partial charge in [-0.3, -0.25) is 4.79 Å². The number of hydrogen-bond acceptors (Lipinski definition) is 4. The van der Waals surface area contributed by atoms with E-state index in [1.165, 1.54) is 6.08 Å². The molecule has 0 saturated carbocycles. The summed E-state index contributed by atoms with van der Waals surface area (Å²) in [7, 11) is 0. The van der Waals surface area contributed by atoms with Gasteiger partial charge in [-0.1, -0.05) is 23.7 Å². The zero-order valence-corrected chi connectivity index (χ0v) is 17.8. The van der Waals surface area contributed by atoms with E-state index in [1.54, 1.807) is 42.5 Å². The summed E-state index contributed by atoms with van der Waals surface area (Å²) in [5.41, 5.74) is 1.24. The van der Waals surface area contributed by atoms with E-state index in [-0.39, 0.29) is 5.57 Å². The largest absolute Gasteiger partial charge is 0.494 e. The average Bonchev–Trinajstić information content (AvgIpc) is 3.17. The second-order valence-electron chi connectivity index (χ2n) is 5.92. The normalized spacial score (nSPS) is 11.0. The summed E-state index contributed by atoms with van der Waals surface area (Å²) in [6, 6.07) is 17.8. The maximum Gasteiger partial charge on any atom is 0.266 e. The van der Waals surface area contributed by atoms with Crippen LogP contribution in [0.25, 0.3) is 17.4 Å². The van der Waals surface area contributed by atoms with Crippen molar-refractivity contribution in [1.29, 1.82) is 5.26 Å². The van der Waals surface area contributed by atoms with Crippen LogP contribution in [0.3, 0.4) is 0 Å². The summed E-state index contributed by atoms with van der Waals surface area (Å²) in [5, 5.41) is 12.6. The highest BCUT2D eigenvalue weighted by molar-refractivity contribution is 9.10. The molecule has 2 aromatic carbocycles. The maximum absolute atomic E-state index is 12.5. The Morgan fingerprint density at radius 1 is 1.28 bits per heavy atom. The summed E-state index contributed by atoms with van der Waals surface area (Å²) >= 11 is 9.47. The Balaban J connectivity index is 1.78. The van der Waals surface area contributed by atoms with E-state index in [9.17, 15) is 10.1 Å². The molecule has 0 aliphatic rings. The predicted molar refractivity (Wildman–Crippen MR) is 117 cm³/mol. The third kappa shape index (κ3) is 5.29. The van der Waals surface area contributed by atoms with Gasteiger partial charge in [-0.05, 0) is 59.3 Å². The Bertz CT molecular complexity index is 1120. The number of rotatable bonds is 6. The number of nitriles is 1. The van der Waals surface area contributed by atoms with Gasteiger partial charge in [0.1, 0.15) is 28.9 Å². The second-order valence-corrected chi connectivity index (χ2v) is 7.18. The fourth-order valence-corrected chi connectivity index (χ4v) is 2.98. The van der Waals surface area contributed by atoms with Crippen molar-refractivity contribution in [2.45, 2.75) is 6.92 Å². The van der Waals surface area contributed by atoms with Crippen LogP contribution in [0, 0.1) is 11.3 Å². The fraction of sp³-hybridized carbons (Fsp3) is 0.0909. The summed E-state index contributed by atoms with van der Waals surface area (Å²) in [6.07, 6.45) is 1.39. The number of ether oxygens (including phenoxy) is 1. The van der Waals surface area contributed by atoms with Crippen LogP contribution < -0.4 is 10.1 Å². The molecular formula is C22H16BrClN2O3. The van der Waals surface area contributed by atoms with Gasteiger partial charge >= 0.3 is 0 Å². The average molecular weight is 472 g/mol. The van der Waals surface area contributed by atoms with E-state index in [1.807, 2.05) is 25.1 Å². The number of halogens is 2. The van der Waals surface area contributed by atoms with E-state index in [2.05, 4.69) is 21.2 Å². The van der Waals surface area contributed by atoms with Crippen molar-refractivity contribution >= 4 is 45.2 Å². The lowest BCUT2D eigenvalue weighted by Gasteiger charge is -2.07. The van der Waals surface area contributed by atoms with Crippen LogP contribution in [0.2, 0.25) is 5.02 Å². The summed E-state index contributed by atoms with van der Waals surface area (Å²) in [5.74, 6) is 1.06. The van der Waals surface area contributed by atoms with E-state index in [0.29, 0.717) is 34.6 Å². The van der Waals surface area contributed by atoms with Gasteiger partial charge in [0.2, 0.25) is 0 Å². The molecule has 0 aliphatic carbocycles. The number of amides is 1. The molecular weight excluding hydrogens is 456 g/mol. The standard InChI is InChI=1S/C22H16BrClN2O3/c1-2-28-17-5-3-4-16(12-17)26-22(27)15(13-25)10-18-7-9-21(29-18)14-6-8-19(23)20(24)11-14/h3-12H,2H2,1H3,(H,26,27)/b15-10-. The van der Waals surface area contributed by atoms with Gasteiger partial charge in [0, 0.05) is 27.9 Å². The molecule has 1 heterocycles. The molecule has 1 aromatic heterocycles. The Morgan fingerprint density at radius 3 is 2.83 bits per heavy atom. The second kappa shape index (κ2) is 9.46. The first kappa shape index (κ1) is 20.7. The van der Waals surface area contributed by atoms with Gasteiger partial charge in [0.05, 0.1) is 11.6 Å². The maximum atomic E-state index is 12.5. The molecule has 3 rings (SSSR count). The summed E-state index contributed by atoms with van der Waals surface area (Å²) < 4.78 is 11.9. The quantitative estimate of drug-likeness (QED) is 0.338. The van der Waals surface area contributed by atoms with Crippen LogP contribution in [0.4, 0.5) is 5.69 Å². The number of carbonyl (C=O) groups excluding carboxylic acids is 1. The Labute approximate surface area is 181 Å². The lowest BCUT2D eigenvalue weighted by atomic mass is 10.2. The smallest absolute Gasteiger partial charge is 0.266 e. The van der Waals surface area contributed by atoms with Gasteiger partial charge < -0.3 is 14.5 Å². The van der Waals surface area contributed by atoms with Crippen molar-refractivity contribution in [1.82, 2.24) is 0 Å². The van der Waals surface area contributed by atoms with Gasteiger partial charge in [0.15, 0.2) is 0 Å². The predicted octanol–water partition coefficient (Wildman–Crippen LogP) is 6.31. The highest BCUT2D eigenvalue weighted by atomic mass is 79.9. The van der Waals surface area contributed by atoms with Gasteiger partial charge in [-0.15, -0.1) is 0 Å². The van der Waals surface area contributed by atoms with Crippen molar-refractivity contribution in [2.24, 2.45) is 0 Å². The molecule has 1 amide bonds. The van der Waals surface area contributed by atoms with E-state index >= 15 is 0 Å². The third-order valence-corrected chi connectivity index (χ3v) is 5.12. The van der Waals surface area contributed by atoms with Crippen LogP contribution >= 0.6 is 27.5 Å². The zero-order valence-electron chi connectivity index (χ0n) is 15.4. The molecule has 0 fully saturated rings. The molecule has 3 aromatic rings. The topological polar surface area (TPSA) is 75.3 Å². The molecule has 0 aliphatic heterocycles. The van der Waals surface area contributed by atoms with Crippen molar-refractivity contribution in [3.05, 3.63) is 75.4 Å². The molecule has 0 atom stereocenters. The van der Waals surface area contributed by atoms with Crippen LogP contribution in [-0.2, 0) is 4.79 Å². The summed E-state index contributed by atoms with van der Waals surface area (Å²) in [6.45, 7) is 2.40. The third-order valence-electron chi connectivity index (χ3n) is 3.89. The van der Waals surface area contributed by atoms with E-state index < -0.39 is 5.91 Å². The molecule has 1 N–H and O–H groups in total. The molecule has 0 saturated heterocycles. The molecule has 146 valence electrons. The number of benzene rings is 2. The Kier molecular flexibility index (Phi) is 6.76. The molecule has 0 unspecified atom stereocenters. The minimum atomic E-state index is -0.536. The highest BCUT2D eigenvalue weighted by Crippen LogP contribution is 2.30. The molecule has 0 bridgehead atoms. The number of nitrogens with one attached hydrogen (secondary N) is 1. The minimum absolute atomic E-state index is 0.0819. The lowest BCUT2D eigenvalue weighted by Crippen LogP contribution is -2.13. The number of carbonyl (C=O) groups is 1. The van der Waals surface area contributed by atoms with Crippen LogP contribution in [0.5, 0.6) is 5.75 Å². The number of furan rings is 1. The monoisotopic (exact) mass is 470 g/mol. The summed E-state index contributed by atoms with van der Waals surface area (Å²) in [4.78, 5) is 12.5. The van der Waals surface area contributed by atoms with Crippen LogP contribution in [-0.4, -0.2) is 12.5 Å². The van der Waals surface area contributed by atoms with Crippen molar-refractivity contribution in [2.75, 3.05) is 11.9 Å². The first-order valence-corrected chi connectivity index (χ1v) is 9.88. The Hall–Kier alpha value is -3.01. The Morgan fingerprint density at radius 2 is 2.10 bits per heavy atom. The molecule has 7 heteroatoms. The van der Waals surface area contributed by atoms with Gasteiger partial charge in [-0.2, -0.15) is 5.26 Å². The van der Waals surface area contributed by atoms with E-state index in [0.717, 1.165) is 10.0 Å². The molecule has 0 spiro atoms. The van der Waals surface area contributed by atoms with Gasteiger partial charge in [0.25, 0.3) is 5.91 Å². The van der Waals surface area contributed by atoms with Crippen LogP contribution in [0.1, 0.15) is 12.7 Å². The number of anilines is 1. The lowest BCUT2D eigenvalue weighted by molar-refractivity contribution is -0.112. The number of hydrogen-bond donors (Lipinski definition) is 1. The first-order chi connectivity index (χ1) is 14.0. The molecule has 5 nitrogen and oxygen atoms in total. The fourth-order valence-electron chi connectivity index (χ4n) is 2.55. The van der Waals surface area contributed by atoms with Crippen molar-refractivity contribution in [3.8, 4) is 23.1 Å². The molecule has 29 heavy (non-hydrogen) atoms. The number of nitrogens with zero attached hydrogens (tertiary/aromatic N) is 1. The molecule has 0 radical (unpaired) electrons. The van der Waals surface area contributed by atoms with Gasteiger partial charge in [-0.25, -0.2) is 0 Å². The first-order valence-electron chi connectivity index (χ1n) is 8.71. The minimum Gasteiger partial charge on any atom is -0.494 e. The SMILES string of the molecule is CCOc1cccc(NC(=O)/C(C#N)=C\c2ccc(-c3ccc(Br)c(Cl)c3)o2)c1.